The second-order valence-electron chi connectivity index (χ2n) is 5.70. The molecule has 1 aromatic heterocycles. The van der Waals surface area contributed by atoms with Gasteiger partial charge in [0.15, 0.2) is 0 Å². The Morgan fingerprint density at radius 1 is 0.926 bits per heavy atom. The summed E-state index contributed by atoms with van der Waals surface area (Å²) >= 11 is 1.45. The fraction of sp³-hybridized carbons (Fsp3) is 0.100. The molecule has 0 fully saturated rings. The quantitative estimate of drug-likeness (QED) is 0.394. The average Bonchev–Trinajstić information content (AvgIpc) is 3.15. The molecular weight excluding hydrogens is 370 g/mol. The number of hydrogen-bond acceptors (Lipinski definition) is 5. The Balaban J connectivity index is 1.46. The van der Waals surface area contributed by atoms with Gasteiger partial charge in [-0.25, -0.2) is 0 Å². The SMILES string of the molecule is FC(F)Oc1ccc(-c2nnc(SCc3cccc4ccccc34)o2)cc1. The van der Waals surface area contributed by atoms with Gasteiger partial charge in [-0.15, -0.1) is 10.2 Å². The van der Waals surface area contributed by atoms with E-state index in [4.69, 9.17) is 4.42 Å². The van der Waals surface area contributed by atoms with Gasteiger partial charge >= 0.3 is 6.61 Å². The highest BCUT2D eigenvalue weighted by Gasteiger charge is 2.11. The largest absolute Gasteiger partial charge is 0.435 e. The third kappa shape index (κ3) is 4.09. The van der Waals surface area contributed by atoms with Crippen LogP contribution in [0.25, 0.3) is 22.2 Å². The molecular formula is C20H14F2N2O2S. The molecule has 0 bridgehead atoms. The smallest absolute Gasteiger partial charge is 0.387 e. The molecule has 0 aliphatic rings. The van der Waals surface area contributed by atoms with Gasteiger partial charge in [-0.2, -0.15) is 8.78 Å². The first kappa shape index (κ1) is 17.5. The van der Waals surface area contributed by atoms with Gasteiger partial charge in [0.05, 0.1) is 0 Å². The van der Waals surface area contributed by atoms with Crippen molar-refractivity contribution in [3.63, 3.8) is 0 Å². The Kier molecular flexibility index (Phi) is 5.02. The summed E-state index contributed by atoms with van der Waals surface area (Å²) in [5.41, 5.74) is 1.83. The monoisotopic (exact) mass is 384 g/mol. The number of halogens is 2. The van der Waals surface area contributed by atoms with Gasteiger partial charge in [-0.05, 0) is 40.6 Å². The van der Waals surface area contributed by atoms with Crippen LogP contribution in [0, 0.1) is 0 Å². The molecule has 7 heteroatoms. The number of alkyl halides is 2. The van der Waals surface area contributed by atoms with Crippen LogP contribution >= 0.6 is 11.8 Å². The number of hydrogen-bond donors (Lipinski definition) is 0. The molecule has 0 amide bonds. The molecule has 0 atom stereocenters. The Labute approximate surface area is 158 Å². The summed E-state index contributed by atoms with van der Waals surface area (Å²) in [6.45, 7) is -2.85. The molecule has 4 nitrogen and oxygen atoms in total. The zero-order chi connectivity index (χ0) is 18.6. The molecule has 4 aromatic rings. The standard InChI is InChI=1S/C20H14F2N2O2S/c21-19(22)25-16-10-8-14(9-11-16)18-23-24-20(26-18)27-12-15-6-3-5-13-4-1-2-7-17(13)15/h1-11,19H,12H2. The first-order valence-electron chi connectivity index (χ1n) is 8.17. The van der Waals surface area contributed by atoms with Gasteiger partial charge in [0.25, 0.3) is 5.22 Å². The van der Waals surface area contributed by atoms with E-state index in [0.717, 1.165) is 0 Å². The van der Waals surface area contributed by atoms with Gasteiger partial charge in [0, 0.05) is 11.3 Å². The van der Waals surface area contributed by atoms with E-state index in [0.29, 0.717) is 22.4 Å². The highest BCUT2D eigenvalue weighted by Crippen LogP contribution is 2.29. The minimum absolute atomic E-state index is 0.0822. The molecule has 4 rings (SSSR count). The van der Waals surface area contributed by atoms with E-state index >= 15 is 0 Å². The van der Waals surface area contributed by atoms with Crippen molar-refractivity contribution in [1.82, 2.24) is 10.2 Å². The van der Waals surface area contributed by atoms with Crippen molar-refractivity contribution in [2.45, 2.75) is 17.6 Å². The number of aromatic nitrogens is 2. The molecule has 0 aliphatic heterocycles. The summed E-state index contributed by atoms with van der Waals surface area (Å²) in [5.74, 6) is 1.11. The van der Waals surface area contributed by atoms with Crippen LogP contribution in [-0.2, 0) is 5.75 Å². The van der Waals surface area contributed by atoms with E-state index in [9.17, 15) is 8.78 Å². The second-order valence-corrected chi connectivity index (χ2v) is 6.63. The van der Waals surface area contributed by atoms with Crippen LogP contribution < -0.4 is 4.74 Å². The van der Waals surface area contributed by atoms with Gasteiger partial charge in [-0.3, -0.25) is 0 Å². The number of rotatable bonds is 6. The lowest BCUT2D eigenvalue weighted by Crippen LogP contribution is -2.01. The molecule has 0 spiro atoms. The van der Waals surface area contributed by atoms with Crippen molar-refractivity contribution in [2.24, 2.45) is 0 Å². The normalized spacial score (nSPS) is 11.2. The number of thioether (sulfide) groups is 1. The van der Waals surface area contributed by atoms with E-state index < -0.39 is 6.61 Å². The van der Waals surface area contributed by atoms with Crippen molar-refractivity contribution in [3.8, 4) is 17.2 Å². The molecule has 1 heterocycles. The lowest BCUT2D eigenvalue weighted by molar-refractivity contribution is -0.0498. The van der Waals surface area contributed by atoms with Crippen LogP contribution in [0.4, 0.5) is 8.78 Å². The summed E-state index contributed by atoms with van der Waals surface area (Å²) in [5, 5.41) is 10.9. The number of benzene rings is 3. The summed E-state index contributed by atoms with van der Waals surface area (Å²) in [4.78, 5) is 0. The lowest BCUT2D eigenvalue weighted by atomic mass is 10.1. The van der Waals surface area contributed by atoms with Crippen LogP contribution in [0.3, 0.4) is 0 Å². The van der Waals surface area contributed by atoms with Crippen LogP contribution in [0.1, 0.15) is 5.56 Å². The van der Waals surface area contributed by atoms with Crippen molar-refractivity contribution >= 4 is 22.5 Å². The minimum atomic E-state index is -2.85. The lowest BCUT2D eigenvalue weighted by Gasteiger charge is -2.04. The van der Waals surface area contributed by atoms with Crippen molar-refractivity contribution in [1.29, 1.82) is 0 Å². The van der Waals surface area contributed by atoms with Gasteiger partial charge in [-0.1, -0.05) is 54.2 Å². The van der Waals surface area contributed by atoms with Crippen molar-refractivity contribution in [3.05, 3.63) is 72.3 Å². The number of fused-ring (bicyclic) bond motifs is 1. The zero-order valence-electron chi connectivity index (χ0n) is 14.0. The summed E-state index contributed by atoms with van der Waals surface area (Å²) in [7, 11) is 0. The van der Waals surface area contributed by atoms with Crippen LogP contribution in [-0.4, -0.2) is 16.8 Å². The zero-order valence-corrected chi connectivity index (χ0v) is 14.8. The molecule has 3 aromatic carbocycles. The third-order valence-corrected chi connectivity index (χ3v) is 4.83. The molecule has 0 radical (unpaired) electrons. The van der Waals surface area contributed by atoms with Gasteiger partial charge in [0.2, 0.25) is 5.89 Å². The van der Waals surface area contributed by atoms with E-state index in [1.807, 2.05) is 18.2 Å². The van der Waals surface area contributed by atoms with Gasteiger partial charge in [0.1, 0.15) is 5.75 Å². The van der Waals surface area contributed by atoms with Crippen LogP contribution in [0.5, 0.6) is 5.75 Å². The van der Waals surface area contributed by atoms with Crippen LogP contribution in [0.2, 0.25) is 0 Å². The molecule has 136 valence electrons. The third-order valence-electron chi connectivity index (χ3n) is 3.96. The Morgan fingerprint density at radius 2 is 1.70 bits per heavy atom. The second kappa shape index (κ2) is 7.75. The first-order valence-corrected chi connectivity index (χ1v) is 9.16. The molecule has 0 N–H and O–H groups in total. The maximum atomic E-state index is 12.2. The Bertz CT molecular complexity index is 1050. The van der Waals surface area contributed by atoms with E-state index in [2.05, 4.69) is 39.2 Å². The van der Waals surface area contributed by atoms with E-state index in [1.165, 1.54) is 40.2 Å². The predicted molar refractivity (Wildman–Crippen MR) is 99.9 cm³/mol. The molecule has 0 saturated carbocycles. The summed E-state index contributed by atoms with van der Waals surface area (Å²) in [6, 6.07) is 20.5. The topological polar surface area (TPSA) is 48.2 Å². The van der Waals surface area contributed by atoms with E-state index in [1.54, 1.807) is 12.1 Å². The molecule has 0 unspecified atom stereocenters. The number of nitrogens with zero attached hydrogens (tertiary/aromatic N) is 2. The number of ether oxygens (including phenoxy) is 1. The highest BCUT2D eigenvalue weighted by atomic mass is 32.2. The van der Waals surface area contributed by atoms with Gasteiger partial charge < -0.3 is 9.15 Å². The van der Waals surface area contributed by atoms with Crippen LogP contribution in [0.15, 0.2) is 76.4 Å². The molecule has 27 heavy (non-hydrogen) atoms. The Morgan fingerprint density at radius 3 is 2.52 bits per heavy atom. The maximum absolute atomic E-state index is 12.2. The predicted octanol–water partition coefficient (Wildman–Crippen LogP) is 5.78. The van der Waals surface area contributed by atoms with Crippen molar-refractivity contribution < 1.29 is 17.9 Å². The minimum Gasteiger partial charge on any atom is -0.435 e. The maximum Gasteiger partial charge on any atom is 0.387 e. The average molecular weight is 384 g/mol. The Hall–Kier alpha value is -2.93. The fourth-order valence-corrected chi connectivity index (χ4v) is 3.49. The molecule has 0 aliphatic carbocycles. The first-order chi connectivity index (χ1) is 13.2. The van der Waals surface area contributed by atoms with Crippen molar-refractivity contribution in [2.75, 3.05) is 0 Å². The van der Waals surface area contributed by atoms with E-state index in [-0.39, 0.29) is 5.75 Å². The fourth-order valence-electron chi connectivity index (χ4n) is 2.72. The highest BCUT2D eigenvalue weighted by molar-refractivity contribution is 7.98. The summed E-state index contributed by atoms with van der Waals surface area (Å²) < 4.78 is 34.4. The molecule has 0 saturated heterocycles. The summed E-state index contributed by atoms with van der Waals surface area (Å²) in [6.07, 6.45) is 0.